The largest absolute Gasteiger partial charge is 0.398 e. The first-order chi connectivity index (χ1) is 9.36. The molecule has 1 fully saturated rings. The van der Waals surface area contributed by atoms with Crippen molar-refractivity contribution in [1.29, 1.82) is 0 Å². The van der Waals surface area contributed by atoms with Crippen LogP contribution in [0.3, 0.4) is 0 Å². The zero-order valence-corrected chi connectivity index (χ0v) is 12.8. The second-order valence-corrected chi connectivity index (χ2v) is 7.21. The Labute approximate surface area is 120 Å². The standard InChI is InChI=1S/C14H22N2O3S/c1-3-11-5-6-12(9-13(11)15)20(17,18)16-10-14(2)7-4-8-19-14/h5-6,9,16H,3-4,7-8,10,15H2,1-2H3. The number of anilines is 1. The molecule has 2 rings (SSSR count). The van der Waals surface area contributed by atoms with E-state index < -0.39 is 15.6 Å². The molecule has 1 aromatic carbocycles. The molecule has 6 heteroatoms. The Kier molecular flexibility index (Phi) is 4.36. The summed E-state index contributed by atoms with van der Waals surface area (Å²) in [6.07, 6.45) is 2.62. The molecule has 0 amide bonds. The van der Waals surface area contributed by atoms with Gasteiger partial charge in [-0.05, 0) is 43.9 Å². The average molecular weight is 298 g/mol. The fourth-order valence-corrected chi connectivity index (χ4v) is 3.56. The summed E-state index contributed by atoms with van der Waals surface area (Å²) in [5.41, 5.74) is 6.92. The molecule has 0 radical (unpaired) electrons. The molecule has 0 bridgehead atoms. The molecule has 1 unspecified atom stereocenters. The number of nitrogens with two attached hydrogens (primary N) is 1. The summed E-state index contributed by atoms with van der Waals surface area (Å²) in [4.78, 5) is 0.203. The zero-order chi connectivity index (χ0) is 14.8. The van der Waals surface area contributed by atoms with E-state index in [4.69, 9.17) is 10.5 Å². The highest BCUT2D eigenvalue weighted by atomic mass is 32.2. The van der Waals surface area contributed by atoms with Gasteiger partial charge in [0.15, 0.2) is 0 Å². The van der Waals surface area contributed by atoms with Crippen molar-refractivity contribution >= 4 is 15.7 Å². The van der Waals surface area contributed by atoms with Gasteiger partial charge >= 0.3 is 0 Å². The summed E-state index contributed by atoms with van der Waals surface area (Å²) < 4.78 is 32.7. The number of nitrogen functional groups attached to an aromatic ring is 1. The van der Waals surface area contributed by atoms with E-state index in [1.165, 1.54) is 6.07 Å². The normalized spacial score (nSPS) is 23.1. The minimum atomic E-state index is -3.54. The van der Waals surface area contributed by atoms with Gasteiger partial charge in [0.25, 0.3) is 0 Å². The lowest BCUT2D eigenvalue weighted by Gasteiger charge is -2.23. The molecule has 1 saturated heterocycles. The third-order valence-electron chi connectivity index (χ3n) is 3.75. The maximum absolute atomic E-state index is 12.3. The summed E-state index contributed by atoms with van der Waals surface area (Å²) in [6, 6.07) is 4.87. The fourth-order valence-electron chi connectivity index (χ4n) is 2.37. The number of rotatable bonds is 5. The predicted molar refractivity (Wildman–Crippen MR) is 79.0 cm³/mol. The second-order valence-electron chi connectivity index (χ2n) is 5.44. The van der Waals surface area contributed by atoms with Crippen molar-refractivity contribution in [1.82, 2.24) is 4.72 Å². The predicted octanol–water partition coefficient (Wildman–Crippen LogP) is 1.68. The molecule has 1 atom stereocenters. The molecule has 1 aliphatic rings. The van der Waals surface area contributed by atoms with Crippen LogP contribution in [0.15, 0.2) is 23.1 Å². The first kappa shape index (κ1) is 15.3. The van der Waals surface area contributed by atoms with Gasteiger partial charge < -0.3 is 10.5 Å². The molecule has 112 valence electrons. The highest BCUT2D eigenvalue weighted by Gasteiger charge is 2.31. The van der Waals surface area contributed by atoms with E-state index in [1.807, 2.05) is 13.8 Å². The third kappa shape index (κ3) is 3.31. The van der Waals surface area contributed by atoms with Gasteiger partial charge in [0.2, 0.25) is 10.0 Å². The molecule has 1 heterocycles. The van der Waals surface area contributed by atoms with Crippen LogP contribution in [0.1, 0.15) is 32.3 Å². The third-order valence-corrected chi connectivity index (χ3v) is 5.14. The minimum absolute atomic E-state index is 0.203. The Bertz CT molecular complexity index is 578. The lowest BCUT2D eigenvalue weighted by molar-refractivity contribution is 0.0250. The van der Waals surface area contributed by atoms with E-state index in [0.29, 0.717) is 12.3 Å². The summed E-state index contributed by atoms with van der Waals surface area (Å²) in [5.74, 6) is 0. The summed E-state index contributed by atoms with van der Waals surface area (Å²) in [6.45, 7) is 4.88. The number of aryl methyl sites for hydroxylation is 1. The smallest absolute Gasteiger partial charge is 0.240 e. The number of nitrogens with one attached hydrogen (secondary N) is 1. The molecule has 0 aromatic heterocycles. The molecule has 5 nitrogen and oxygen atoms in total. The Balaban J connectivity index is 2.12. The molecular weight excluding hydrogens is 276 g/mol. The molecule has 20 heavy (non-hydrogen) atoms. The van der Waals surface area contributed by atoms with Crippen LogP contribution in [-0.4, -0.2) is 27.2 Å². The minimum Gasteiger partial charge on any atom is -0.398 e. The summed E-state index contributed by atoms with van der Waals surface area (Å²) in [5, 5.41) is 0. The Morgan fingerprint density at radius 2 is 2.20 bits per heavy atom. The zero-order valence-electron chi connectivity index (χ0n) is 12.0. The van der Waals surface area contributed by atoms with E-state index in [-0.39, 0.29) is 11.4 Å². The SMILES string of the molecule is CCc1ccc(S(=O)(=O)NCC2(C)CCCO2)cc1N. The second kappa shape index (κ2) is 5.71. The van der Waals surface area contributed by atoms with Crippen LogP contribution >= 0.6 is 0 Å². The first-order valence-electron chi connectivity index (χ1n) is 6.88. The van der Waals surface area contributed by atoms with Crippen LogP contribution in [0.5, 0.6) is 0 Å². The van der Waals surface area contributed by atoms with Crippen LogP contribution in [0.4, 0.5) is 5.69 Å². The van der Waals surface area contributed by atoms with E-state index in [9.17, 15) is 8.42 Å². The van der Waals surface area contributed by atoms with Gasteiger partial charge in [-0.2, -0.15) is 0 Å². The van der Waals surface area contributed by atoms with Crippen molar-refractivity contribution < 1.29 is 13.2 Å². The van der Waals surface area contributed by atoms with Gasteiger partial charge in [0.1, 0.15) is 0 Å². The van der Waals surface area contributed by atoms with Gasteiger partial charge in [-0.3, -0.25) is 0 Å². The monoisotopic (exact) mass is 298 g/mol. The van der Waals surface area contributed by atoms with Gasteiger partial charge in [0.05, 0.1) is 10.5 Å². The van der Waals surface area contributed by atoms with Crippen LogP contribution < -0.4 is 10.5 Å². The Morgan fingerprint density at radius 1 is 1.45 bits per heavy atom. The number of hydrogen-bond acceptors (Lipinski definition) is 4. The van der Waals surface area contributed by atoms with Gasteiger partial charge in [-0.25, -0.2) is 13.1 Å². The molecule has 1 aliphatic heterocycles. The van der Waals surface area contributed by atoms with E-state index in [1.54, 1.807) is 12.1 Å². The van der Waals surface area contributed by atoms with Crippen molar-refractivity contribution in [2.45, 2.75) is 43.6 Å². The lowest BCUT2D eigenvalue weighted by atomic mass is 10.0. The van der Waals surface area contributed by atoms with Crippen molar-refractivity contribution in [2.24, 2.45) is 0 Å². The number of hydrogen-bond donors (Lipinski definition) is 2. The van der Waals surface area contributed by atoms with Crippen molar-refractivity contribution in [3.63, 3.8) is 0 Å². The maximum atomic E-state index is 12.3. The highest BCUT2D eigenvalue weighted by Crippen LogP contribution is 2.25. The lowest BCUT2D eigenvalue weighted by Crippen LogP contribution is -2.40. The number of benzene rings is 1. The molecular formula is C14H22N2O3S. The van der Waals surface area contributed by atoms with Crippen molar-refractivity contribution in [3.05, 3.63) is 23.8 Å². The number of ether oxygens (including phenoxy) is 1. The van der Waals surface area contributed by atoms with E-state index >= 15 is 0 Å². The highest BCUT2D eigenvalue weighted by molar-refractivity contribution is 7.89. The van der Waals surface area contributed by atoms with E-state index in [0.717, 1.165) is 24.8 Å². The maximum Gasteiger partial charge on any atom is 0.240 e. The summed E-state index contributed by atoms with van der Waals surface area (Å²) >= 11 is 0. The molecule has 0 spiro atoms. The summed E-state index contributed by atoms with van der Waals surface area (Å²) in [7, 11) is -3.54. The quantitative estimate of drug-likeness (QED) is 0.810. The van der Waals surface area contributed by atoms with Crippen LogP contribution in [0.2, 0.25) is 0 Å². The van der Waals surface area contributed by atoms with Crippen molar-refractivity contribution in [3.8, 4) is 0 Å². The molecule has 1 aromatic rings. The van der Waals surface area contributed by atoms with Gasteiger partial charge in [0, 0.05) is 18.8 Å². The van der Waals surface area contributed by atoms with Crippen molar-refractivity contribution in [2.75, 3.05) is 18.9 Å². The topological polar surface area (TPSA) is 81.4 Å². The van der Waals surface area contributed by atoms with Crippen LogP contribution in [0.25, 0.3) is 0 Å². The van der Waals surface area contributed by atoms with Crippen LogP contribution in [-0.2, 0) is 21.2 Å². The Hall–Kier alpha value is -1.11. The van der Waals surface area contributed by atoms with Crippen LogP contribution in [0, 0.1) is 0 Å². The Morgan fingerprint density at radius 3 is 2.75 bits per heavy atom. The molecule has 0 saturated carbocycles. The first-order valence-corrected chi connectivity index (χ1v) is 8.37. The fraction of sp³-hybridized carbons (Fsp3) is 0.571. The molecule has 3 N–H and O–H groups in total. The number of sulfonamides is 1. The van der Waals surface area contributed by atoms with E-state index in [2.05, 4.69) is 4.72 Å². The average Bonchev–Trinajstić information content (AvgIpc) is 2.84. The molecule has 0 aliphatic carbocycles. The van der Waals surface area contributed by atoms with Gasteiger partial charge in [-0.15, -0.1) is 0 Å². The van der Waals surface area contributed by atoms with Gasteiger partial charge in [-0.1, -0.05) is 13.0 Å².